The second-order valence-electron chi connectivity index (χ2n) is 5.41. The predicted molar refractivity (Wildman–Crippen MR) is 93.0 cm³/mol. The highest BCUT2D eigenvalue weighted by atomic mass is 79.9. The Kier molecular flexibility index (Phi) is 5.17. The average Bonchev–Trinajstić information content (AvgIpc) is 2.95. The van der Waals surface area contributed by atoms with Gasteiger partial charge >= 0.3 is 6.18 Å². The van der Waals surface area contributed by atoms with Crippen LogP contribution in [-0.4, -0.2) is 28.7 Å². The highest BCUT2D eigenvalue weighted by molar-refractivity contribution is 9.10. The van der Waals surface area contributed by atoms with Crippen molar-refractivity contribution in [2.45, 2.75) is 12.7 Å². The van der Waals surface area contributed by atoms with E-state index in [1.54, 1.807) is 12.1 Å². The third-order valence-electron chi connectivity index (χ3n) is 3.53. The van der Waals surface area contributed by atoms with E-state index >= 15 is 0 Å². The second-order valence-corrected chi connectivity index (χ2v) is 6.21. The zero-order valence-corrected chi connectivity index (χ0v) is 14.8. The Labute approximate surface area is 154 Å². The van der Waals surface area contributed by atoms with Crippen molar-refractivity contribution in [3.8, 4) is 5.88 Å². The van der Waals surface area contributed by atoms with Crippen molar-refractivity contribution in [3.63, 3.8) is 0 Å². The largest absolute Gasteiger partial charge is 0.468 e. The van der Waals surface area contributed by atoms with Crippen molar-refractivity contribution < 1.29 is 22.7 Å². The molecule has 3 aromatic rings. The summed E-state index contributed by atoms with van der Waals surface area (Å²) in [6.07, 6.45) is -3.14. The van der Waals surface area contributed by atoms with E-state index in [2.05, 4.69) is 31.2 Å². The summed E-state index contributed by atoms with van der Waals surface area (Å²) in [5, 5.41) is 3.51. The van der Waals surface area contributed by atoms with Gasteiger partial charge in [0.2, 0.25) is 5.88 Å². The number of para-hydroxylation sites is 1. The molecule has 0 fully saturated rings. The number of nitrogens with one attached hydrogen (secondary N) is 2. The van der Waals surface area contributed by atoms with Crippen molar-refractivity contribution in [1.29, 1.82) is 0 Å². The molecule has 9 heteroatoms. The maximum atomic E-state index is 12.4. The number of ether oxygens (including phenoxy) is 1. The molecule has 0 radical (unpaired) electrons. The molecule has 3 rings (SSSR count). The summed E-state index contributed by atoms with van der Waals surface area (Å²) in [7, 11) is 0. The molecule has 0 aliphatic heterocycles. The van der Waals surface area contributed by atoms with Crippen LogP contribution in [-0.2, 0) is 6.54 Å². The van der Waals surface area contributed by atoms with E-state index in [4.69, 9.17) is 4.74 Å². The minimum absolute atomic E-state index is 0.0261. The number of aromatic amines is 1. The molecule has 2 heterocycles. The molecule has 0 aliphatic carbocycles. The van der Waals surface area contributed by atoms with E-state index in [-0.39, 0.29) is 12.4 Å². The lowest BCUT2D eigenvalue weighted by Gasteiger charge is -2.12. The Morgan fingerprint density at radius 1 is 1.23 bits per heavy atom. The smallest absolute Gasteiger partial charge is 0.422 e. The van der Waals surface area contributed by atoms with Gasteiger partial charge in [0.25, 0.3) is 5.91 Å². The summed E-state index contributed by atoms with van der Waals surface area (Å²) in [4.78, 5) is 19.2. The summed E-state index contributed by atoms with van der Waals surface area (Å²) in [6.45, 7) is -1.47. The molecule has 1 amide bonds. The summed E-state index contributed by atoms with van der Waals surface area (Å²) < 4.78 is 42.3. The molecule has 0 bridgehead atoms. The molecule has 2 N–H and O–H groups in total. The predicted octanol–water partition coefficient (Wildman–Crippen LogP) is 4.20. The Balaban J connectivity index is 1.72. The fraction of sp³-hybridized carbons (Fsp3) is 0.176. The molecular weight excluding hydrogens is 415 g/mol. The van der Waals surface area contributed by atoms with E-state index in [9.17, 15) is 18.0 Å². The van der Waals surface area contributed by atoms with Gasteiger partial charge < -0.3 is 15.0 Å². The summed E-state index contributed by atoms with van der Waals surface area (Å²) in [5.74, 6) is -0.570. The van der Waals surface area contributed by atoms with E-state index in [0.29, 0.717) is 15.7 Å². The minimum Gasteiger partial charge on any atom is -0.468 e. The minimum atomic E-state index is -4.47. The van der Waals surface area contributed by atoms with E-state index < -0.39 is 18.7 Å². The lowest BCUT2D eigenvalue weighted by Crippen LogP contribution is -2.25. The molecule has 2 aromatic heterocycles. The van der Waals surface area contributed by atoms with Crippen molar-refractivity contribution in [1.82, 2.24) is 15.3 Å². The molecule has 136 valence electrons. The highest BCUT2D eigenvalue weighted by Crippen LogP contribution is 2.27. The molecule has 26 heavy (non-hydrogen) atoms. The number of carbonyl (C=O) groups is 1. The van der Waals surface area contributed by atoms with Crippen LogP contribution in [0.5, 0.6) is 5.88 Å². The summed E-state index contributed by atoms with van der Waals surface area (Å²) >= 11 is 3.39. The number of carbonyl (C=O) groups excluding carboxylic acids is 1. The number of halogens is 4. The van der Waals surface area contributed by atoms with E-state index in [1.165, 1.54) is 6.20 Å². The van der Waals surface area contributed by atoms with Crippen molar-refractivity contribution >= 4 is 32.7 Å². The van der Waals surface area contributed by atoms with Crippen LogP contribution in [0.25, 0.3) is 10.9 Å². The van der Waals surface area contributed by atoms with Crippen molar-refractivity contribution in [3.05, 3.63) is 58.3 Å². The fourth-order valence-electron chi connectivity index (χ4n) is 2.37. The highest BCUT2D eigenvalue weighted by Gasteiger charge is 2.29. The standard InChI is InChI=1S/C17H13BrF3N3O2/c18-13-11-5-1-2-6-12(11)24-14(13)15(25)23-8-10-4-3-7-22-16(10)26-9-17(19,20)21/h1-7,24H,8-9H2,(H,23,25). The van der Waals surface area contributed by atoms with Crippen molar-refractivity contribution in [2.24, 2.45) is 0 Å². The van der Waals surface area contributed by atoms with Crippen LogP contribution < -0.4 is 10.1 Å². The van der Waals surface area contributed by atoms with Gasteiger partial charge in [0, 0.05) is 29.2 Å². The summed E-state index contributed by atoms with van der Waals surface area (Å²) in [6, 6.07) is 10.5. The fourth-order valence-corrected chi connectivity index (χ4v) is 2.99. The van der Waals surface area contributed by atoms with Gasteiger partial charge in [0.15, 0.2) is 6.61 Å². The van der Waals surface area contributed by atoms with Gasteiger partial charge in [-0.05, 0) is 28.1 Å². The molecule has 0 spiro atoms. The Morgan fingerprint density at radius 3 is 2.73 bits per heavy atom. The van der Waals surface area contributed by atoms with Crippen LogP contribution in [0.4, 0.5) is 13.2 Å². The number of hydrogen-bond acceptors (Lipinski definition) is 3. The average molecular weight is 428 g/mol. The van der Waals surface area contributed by atoms with Crippen molar-refractivity contribution in [2.75, 3.05) is 6.61 Å². The Morgan fingerprint density at radius 2 is 2.00 bits per heavy atom. The van der Waals surface area contributed by atoms with E-state index in [0.717, 1.165) is 10.9 Å². The quantitative estimate of drug-likeness (QED) is 0.641. The monoisotopic (exact) mass is 427 g/mol. The molecule has 0 atom stereocenters. The van der Waals surface area contributed by atoms with Crippen LogP contribution >= 0.6 is 15.9 Å². The lowest BCUT2D eigenvalue weighted by atomic mass is 10.2. The van der Waals surface area contributed by atoms with Crippen LogP contribution in [0, 0.1) is 0 Å². The number of fused-ring (bicyclic) bond motifs is 1. The van der Waals surface area contributed by atoms with E-state index in [1.807, 2.05) is 24.3 Å². The van der Waals surface area contributed by atoms with Crippen LogP contribution in [0.1, 0.15) is 16.1 Å². The first-order valence-corrected chi connectivity index (χ1v) is 8.32. The van der Waals surface area contributed by atoms with Gasteiger partial charge in [-0.3, -0.25) is 4.79 Å². The van der Waals surface area contributed by atoms with Crippen LogP contribution in [0.15, 0.2) is 47.1 Å². The molecule has 0 saturated heterocycles. The Hall–Kier alpha value is -2.55. The summed E-state index contributed by atoms with van der Waals surface area (Å²) in [5.41, 5.74) is 1.46. The van der Waals surface area contributed by atoms with Gasteiger partial charge in [-0.15, -0.1) is 0 Å². The number of nitrogens with zero attached hydrogens (tertiary/aromatic N) is 1. The normalized spacial score (nSPS) is 11.5. The topological polar surface area (TPSA) is 67.0 Å². The molecule has 0 unspecified atom stereocenters. The van der Waals surface area contributed by atoms with Gasteiger partial charge in [0.05, 0.1) is 4.47 Å². The molecular formula is C17H13BrF3N3O2. The third-order valence-corrected chi connectivity index (χ3v) is 4.36. The SMILES string of the molecule is O=C(NCc1cccnc1OCC(F)(F)F)c1[nH]c2ccccc2c1Br. The number of rotatable bonds is 5. The molecule has 5 nitrogen and oxygen atoms in total. The van der Waals surface area contributed by atoms with Crippen LogP contribution in [0.2, 0.25) is 0 Å². The molecule has 0 aliphatic rings. The number of benzene rings is 1. The zero-order valence-electron chi connectivity index (χ0n) is 13.2. The molecule has 0 saturated carbocycles. The lowest BCUT2D eigenvalue weighted by molar-refractivity contribution is -0.154. The van der Waals surface area contributed by atoms with Crippen LogP contribution in [0.3, 0.4) is 0 Å². The Bertz CT molecular complexity index is 940. The zero-order chi connectivity index (χ0) is 18.7. The number of alkyl halides is 3. The number of pyridine rings is 1. The first-order chi connectivity index (χ1) is 12.3. The maximum absolute atomic E-state index is 12.4. The first kappa shape index (κ1) is 18.2. The second kappa shape index (κ2) is 7.36. The number of aromatic nitrogens is 2. The first-order valence-electron chi connectivity index (χ1n) is 7.53. The molecule has 1 aromatic carbocycles. The van der Waals surface area contributed by atoms with Gasteiger partial charge in [-0.1, -0.05) is 24.3 Å². The van der Waals surface area contributed by atoms with Gasteiger partial charge in [-0.25, -0.2) is 4.98 Å². The number of H-pyrrole nitrogens is 1. The number of hydrogen-bond donors (Lipinski definition) is 2. The number of amides is 1. The van der Waals surface area contributed by atoms with Gasteiger partial charge in [0.1, 0.15) is 5.69 Å². The van der Waals surface area contributed by atoms with Gasteiger partial charge in [-0.2, -0.15) is 13.2 Å². The third kappa shape index (κ3) is 4.16. The maximum Gasteiger partial charge on any atom is 0.422 e.